The topological polar surface area (TPSA) is 42.6 Å². The van der Waals surface area contributed by atoms with Crippen LogP contribution >= 0.6 is 0 Å². The Kier molecular flexibility index (Phi) is 5.30. The molecule has 128 valence electrons. The molecule has 5 heteroatoms. The van der Waals surface area contributed by atoms with Crippen LogP contribution < -0.4 is 4.90 Å². The molecule has 25 heavy (non-hydrogen) atoms. The minimum absolute atomic E-state index is 0.219. The van der Waals surface area contributed by atoms with E-state index >= 15 is 0 Å². The molecule has 1 saturated heterocycles. The number of nitrogens with zero attached hydrogens (tertiary/aromatic N) is 4. The molecule has 0 spiro atoms. The van der Waals surface area contributed by atoms with Gasteiger partial charge < -0.3 is 9.80 Å². The lowest BCUT2D eigenvalue weighted by Crippen LogP contribution is -2.49. The highest BCUT2D eigenvalue weighted by Gasteiger charge is 2.20. The van der Waals surface area contributed by atoms with Crippen LogP contribution in [-0.4, -0.2) is 36.9 Å². The van der Waals surface area contributed by atoms with Crippen molar-refractivity contribution >= 4 is 11.5 Å². The van der Waals surface area contributed by atoms with Crippen LogP contribution in [0.5, 0.6) is 0 Å². The maximum absolute atomic E-state index is 13.1. The maximum Gasteiger partial charge on any atom is 0.207 e. The number of nitriles is 1. The molecule has 1 aliphatic heterocycles. The molecule has 0 aliphatic carbocycles. The third-order valence-corrected chi connectivity index (χ3v) is 4.46. The van der Waals surface area contributed by atoms with Crippen molar-refractivity contribution in [3.63, 3.8) is 0 Å². The Morgan fingerprint density at radius 1 is 1.12 bits per heavy atom. The Hall–Kier alpha value is -2.87. The zero-order valence-corrected chi connectivity index (χ0v) is 14.3. The van der Waals surface area contributed by atoms with E-state index in [1.165, 1.54) is 17.7 Å². The van der Waals surface area contributed by atoms with Gasteiger partial charge in [-0.15, -0.1) is 0 Å². The normalized spacial score (nSPS) is 15.2. The number of benzene rings is 2. The summed E-state index contributed by atoms with van der Waals surface area (Å²) in [6, 6.07) is 14.9. The van der Waals surface area contributed by atoms with Crippen LogP contribution in [0.15, 0.2) is 53.5 Å². The molecule has 0 bridgehead atoms. The predicted octanol–water partition coefficient (Wildman–Crippen LogP) is 3.38. The van der Waals surface area contributed by atoms with Crippen LogP contribution in [0.25, 0.3) is 0 Å². The van der Waals surface area contributed by atoms with Crippen molar-refractivity contribution in [2.45, 2.75) is 13.3 Å². The van der Waals surface area contributed by atoms with Gasteiger partial charge in [-0.25, -0.2) is 4.39 Å². The molecular weight excluding hydrogens is 315 g/mol. The van der Waals surface area contributed by atoms with Gasteiger partial charge in [0.25, 0.3) is 0 Å². The van der Waals surface area contributed by atoms with Gasteiger partial charge in [-0.2, -0.15) is 10.3 Å². The minimum atomic E-state index is -0.219. The zero-order valence-electron chi connectivity index (χ0n) is 14.3. The summed E-state index contributed by atoms with van der Waals surface area (Å²) < 4.78 is 13.1. The van der Waals surface area contributed by atoms with E-state index in [4.69, 9.17) is 5.26 Å². The lowest BCUT2D eigenvalue weighted by molar-refractivity contribution is 0.381. The van der Waals surface area contributed by atoms with Gasteiger partial charge in [-0.3, -0.25) is 0 Å². The SMILES string of the molecule is Cc1cccc(CC(=NC#N)N2CCN(c3ccc(F)cc3)CC2)c1. The largest absolute Gasteiger partial charge is 0.368 e. The zero-order chi connectivity index (χ0) is 17.6. The molecular formula is C20H21FN4. The van der Waals surface area contributed by atoms with Gasteiger partial charge in [-0.05, 0) is 36.8 Å². The summed E-state index contributed by atoms with van der Waals surface area (Å²) in [5.74, 6) is 0.593. The molecule has 2 aromatic rings. The molecule has 0 aromatic heterocycles. The average Bonchev–Trinajstić information content (AvgIpc) is 2.62. The van der Waals surface area contributed by atoms with Crippen LogP contribution in [0, 0.1) is 24.2 Å². The molecule has 1 fully saturated rings. The van der Waals surface area contributed by atoms with Crippen LogP contribution in [0.1, 0.15) is 11.1 Å². The van der Waals surface area contributed by atoms with Gasteiger partial charge in [-0.1, -0.05) is 29.8 Å². The van der Waals surface area contributed by atoms with E-state index in [0.29, 0.717) is 6.42 Å². The Labute approximate surface area is 147 Å². The number of piperazine rings is 1. The van der Waals surface area contributed by atoms with Crippen molar-refractivity contribution in [2.75, 3.05) is 31.1 Å². The fourth-order valence-corrected chi connectivity index (χ4v) is 3.16. The molecule has 0 saturated carbocycles. The Morgan fingerprint density at radius 3 is 2.48 bits per heavy atom. The summed E-state index contributed by atoms with van der Waals surface area (Å²) in [5.41, 5.74) is 3.39. The number of anilines is 1. The second kappa shape index (κ2) is 7.80. The van der Waals surface area contributed by atoms with Crippen molar-refractivity contribution in [1.29, 1.82) is 5.26 Å². The van der Waals surface area contributed by atoms with E-state index in [2.05, 4.69) is 39.9 Å². The van der Waals surface area contributed by atoms with Crippen molar-refractivity contribution in [1.82, 2.24) is 4.90 Å². The van der Waals surface area contributed by atoms with Crippen LogP contribution in [-0.2, 0) is 6.42 Å². The van der Waals surface area contributed by atoms with Crippen molar-refractivity contribution in [3.8, 4) is 6.19 Å². The molecule has 2 aromatic carbocycles. The van der Waals surface area contributed by atoms with E-state index in [1.807, 2.05) is 24.4 Å². The van der Waals surface area contributed by atoms with Crippen molar-refractivity contribution in [2.24, 2.45) is 4.99 Å². The molecule has 0 radical (unpaired) electrons. The Morgan fingerprint density at radius 2 is 1.84 bits per heavy atom. The Balaban J connectivity index is 1.66. The van der Waals surface area contributed by atoms with E-state index in [0.717, 1.165) is 43.3 Å². The molecule has 3 rings (SSSR count). The van der Waals surface area contributed by atoms with Crippen molar-refractivity contribution in [3.05, 3.63) is 65.5 Å². The van der Waals surface area contributed by atoms with E-state index < -0.39 is 0 Å². The number of hydrogen-bond donors (Lipinski definition) is 0. The summed E-state index contributed by atoms with van der Waals surface area (Å²) in [6.45, 7) is 5.30. The smallest absolute Gasteiger partial charge is 0.207 e. The number of amidine groups is 1. The highest BCUT2D eigenvalue weighted by Crippen LogP contribution is 2.18. The first-order valence-corrected chi connectivity index (χ1v) is 8.42. The highest BCUT2D eigenvalue weighted by molar-refractivity contribution is 5.85. The Bertz CT molecular complexity index is 784. The summed E-state index contributed by atoms with van der Waals surface area (Å²) in [6.07, 6.45) is 2.60. The van der Waals surface area contributed by atoms with Gasteiger partial charge in [0.2, 0.25) is 6.19 Å². The maximum atomic E-state index is 13.1. The molecule has 4 nitrogen and oxygen atoms in total. The molecule has 0 atom stereocenters. The third kappa shape index (κ3) is 4.36. The number of halogens is 1. The van der Waals surface area contributed by atoms with Gasteiger partial charge in [0.05, 0.1) is 0 Å². The predicted molar refractivity (Wildman–Crippen MR) is 98.1 cm³/mol. The van der Waals surface area contributed by atoms with E-state index in [-0.39, 0.29) is 5.82 Å². The number of rotatable bonds is 3. The lowest BCUT2D eigenvalue weighted by Gasteiger charge is -2.37. The third-order valence-electron chi connectivity index (χ3n) is 4.46. The fraction of sp³-hybridized carbons (Fsp3) is 0.300. The van der Waals surface area contributed by atoms with Crippen LogP contribution in [0.4, 0.5) is 10.1 Å². The van der Waals surface area contributed by atoms with E-state index in [9.17, 15) is 4.39 Å². The minimum Gasteiger partial charge on any atom is -0.368 e. The number of aryl methyl sites for hydroxylation is 1. The summed E-state index contributed by atoms with van der Waals surface area (Å²) >= 11 is 0. The second-order valence-corrected chi connectivity index (χ2v) is 6.24. The quantitative estimate of drug-likeness (QED) is 0.490. The molecule has 0 amide bonds. The van der Waals surface area contributed by atoms with E-state index in [1.54, 1.807) is 0 Å². The van der Waals surface area contributed by atoms with Gasteiger partial charge >= 0.3 is 0 Å². The number of aliphatic imine (C=N–C) groups is 1. The lowest BCUT2D eigenvalue weighted by atomic mass is 10.1. The van der Waals surface area contributed by atoms with Gasteiger partial charge in [0, 0.05) is 38.3 Å². The van der Waals surface area contributed by atoms with Gasteiger partial charge in [0.1, 0.15) is 11.7 Å². The summed E-state index contributed by atoms with van der Waals surface area (Å²) in [5, 5.41) is 9.05. The summed E-state index contributed by atoms with van der Waals surface area (Å²) in [4.78, 5) is 8.46. The average molecular weight is 336 g/mol. The van der Waals surface area contributed by atoms with Crippen LogP contribution in [0.3, 0.4) is 0 Å². The number of hydrogen-bond acceptors (Lipinski definition) is 3. The standard InChI is InChI=1S/C20H21FN4/c1-16-3-2-4-17(13-16)14-20(23-15-22)25-11-9-24(10-12-25)19-7-5-18(21)6-8-19/h2-8,13H,9-12,14H2,1H3. The molecule has 0 N–H and O–H groups in total. The molecule has 0 unspecified atom stereocenters. The first-order valence-electron chi connectivity index (χ1n) is 8.42. The highest BCUT2D eigenvalue weighted by atomic mass is 19.1. The monoisotopic (exact) mass is 336 g/mol. The fourth-order valence-electron chi connectivity index (χ4n) is 3.16. The second-order valence-electron chi connectivity index (χ2n) is 6.24. The summed E-state index contributed by atoms with van der Waals surface area (Å²) in [7, 11) is 0. The first-order chi connectivity index (χ1) is 12.2. The van der Waals surface area contributed by atoms with Crippen molar-refractivity contribution < 1.29 is 4.39 Å². The van der Waals surface area contributed by atoms with Gasteiger partial charge in [0.15, 0.2) is 0 Å². The molecule has 1 aliphatic rings. The first kappa shape index (κ1) is 17.0. The molecule has 1 heterocycles. The van der Waals surface area contributed by atoms with Crippen LogP contribution in [0.2, 0.25) is 0 Å².